The average molecular weight is 280 g/mol. The first kappa shape index (κ1) is 13.5. The van der Waals surface area contributed by atoms with Gasteiger partial charge in [-0.05, 0) is 19.1 Å². The predicted octanol–water partition coefficient (Wildman–Crippen LogP) is 3.21. The SMILES string of the molecule is CCOC1c2ccccc2C=NN1C(=O)c1ccccc1. The Hall–Kier alpha value is -2.46. The van der Waals surface area contributed by atoms with Gasteiger partial charge in [-0.25, -0.2) is 0 Å². The van der Waals surface area contributed by atoms with E-state index in [1.807, 2.05) is 49.4 Å². The van der Waals surface area contributed by atoms with Crippen molar-refractivity contribution in [1.29, 1.82) is 0 Å². The molecule has 2 aromatic rings. The van der Waals surface area contributed by atoms with Crippen molar-refractivity contribution in [3.8, 4) is 0 Å². The third kappa shape index (κ3) is 2.58. The first-order valence-electron chi connectivity index (χ1n) is 6.94. The zero-order chi connectivity index (χ0) is 14.7. The number of hydrogen-bond acceptors (Lipinski definition) is 3. The van der Waals surface area contributed by atoms with E-state index < -0.39 is 6.23 Å². The van der Waals surface area contributed by atoms with Gasteiger partial charge in [0.1, 0.15) is 0 Å². The van der Waals surface area contributed by atoms with Crippen molar-refractivity contribution < 1.29 is 9.53 Å². The Bertz CT molecular complexity index is 668. The van der Waals surface area contributed by atoms with Crippen LogP contribution in [0.1, 0.15) is 34.6 Å². The Morgan fingerprint density at radius 2 is 1.86 bits per heavy atom. The number of nitrogens with zero attached hydrogens (tertiary/aromatic N) is 2. The van der Waals surface area contributed by atoms with Crippen LogP contribution >= 0.6 is 0 Å². The van der Waals surface area contributed by atoms with E-state index in [9.17, 15) is 4.79 Å². The van der Waals surface area contributed by atoms with Gasteiger partial charge in [-0.2, -0.15) is 10.1 Å². The highest BCUT2D eigenvalue weighted by Gasteiger charge is 2.30. The maximum Gasteiger partial charge on any atom is 0.276 e. The molecule has 0 spiro atoms. The van der Waals surface area contributed by atoms with Crippen LogP contribution in [0.3, 0.4) is 0 Å². The molecule has 0 radical (unpaired) electrons. The molecule has 0 saturated heterocycles. The Morgan fingerprint density at radius 1 is 1.14 bits per heavy atom. The van der Waals surface area contributed by atoms with Crippen molar-refractivity contribution in [2.75, 3.05) is 6.61 Å². The van der Waals surface area contributed by atoms with Crippen molar-refractivity contribution in [1.82, 2.24) is 5.01 Å². The Morgan fingerprint density at radius 3 is 2.62 bits per heavy atom. The third-order valence-corrected chi connectivity index (χ3v) is 3.36. The standard InChI is InChI=1S/C17H16N2O2/c1-2-21-17-15-11-7-6-10-14(15)12-18-19(17)16(20)13-8-4-3-5-9-13/h3-12,17H,2H2,1H3. The molecule has 1 atom stereocenters. The van der Waals surface area contributed by atoms with E-state index in [0.29, 0.717) is 12.2 Å². The molecule has 1 amide bonds. The van der Waals surface area contributed by atoms with Crippen molar-refractivity contribution >= 4 is 12.1 Å². The normalized spacial score (nSPS) is 16.6. The molecule has 3 rings (SSSR count). The van der Waals surface area contributed by atoms with E-state index in [1.165, 1.54) is 5.01 Å². The number of fused-ring (bicyclic) bond motifs is 1. The summed E-state index contributed by atoms with van der Waals surface area (Å²) in [6, 6.07) is 16.9. The molecule has 4 heteroatoms. The molecule has 0 aromatic heterocycles. The van der Waals surface area contributed by atoms with Crippen molar-refractivity contribution in [3.63, 3.8) is 0 Å². The fourth-order valence-electron chi connectivity index (χ4n) is 2.36. The Labute approximate surface area is 123 Å². The minimum absolute atomic E-state index is 0.167. The van der Waals surface area contributed by atoms with Crippen LogP contribution in [0.5, 0.6) is 0 Å². The summed E-state index contributed by atoms with van der Waals surface area (Å²) in [6.45, 7) is 2.42. The van der Waals surface area contributed by atoms with Crippen molar-refractivity contribution in [2.24, 2.45) is 5.10 Å². The molecule has 2 aromatic carbocycles. The lowest BCUT2D eigenvalue weighted by Crippen LogP contribution is -2.35. The van der Waals surface area contributed by atoms with Crippen LogP contribution < -0.4 is 0 Å². The molecular weight excluding hydrogens is 264 g/mol. The zero-order valence-corrected chi connectivity index (χ0v) is 11.8. The topological polar surface area (TPSA) is 41.9 Å². The number of amides is 1. The number of carbonyl (C=O) groups is 1. The Kier molecular flexibility index (Phi) is 3.79. The monoisotopic (exact) mass is 280 g/mol. The van der Waals surface area contributed by atoms with Gasteiger partial charge < -0.3 is 4.74 Å². The van der Waals surface area contributed by atoms with E-state index in [-0.39, 0.29) is 5.91 Å². The molecule has 0 bridgehead atoms. The van der Waals surface area contributed by atoms with Crippen LogP contribution in [0.4, 0.5) is 0 Å². The molecule has 0 saturated carbocycles. The number of benzene rings is 2. The molecule has 0 aliphatic carbocycles. The fourth-order valence-corrected chi connectivity index (χ4v) is 2.36. The average Bonchev–Trinajstić information content (AvgIpc) is 2.55. The van der Waals surface area contributed by atoms with Gasteiger partial charge in [0.25, 0.3) is 5.91 Å². The lowest BCUT2D eigenvalue weighted by atomic mass is 10.0. The van der Waals surface area contributed by atoms with E-state index >= 15 is 0 Å². The minimum atomic E-state index is -0.482. The van der Waals surface area contributed by atoms with Crippen LogP contribution in [-0.2, 0) is 4.74 Å². The van der Waals surface area contributed by atoms with Crippen molar-refractivity contribution in [3.05, 3.63) is 71.3 Å². The van der Waals surface area contributed by atoms with Crippen LogP contribution in [0.2, 0.25) is 0 Å². The summed E-state index contributed by atoms with van der Waals surface area (Å²) in [5.74, 6) is -0.167. The molecule has 0 N–H and O–H groups in total. The fraction of sp³-hybridized carbons (Fsp3) is 0.176. The number of hydrogen-bond donors (Lipinski definition) is 0. The lowest BCUT2D eigenvalue weighted by molar-refractivity contribution is -0.0441. The molecule has 4 nitrogen and oxygen atoms in total. The number of carbonyl (C=O) groups excluding carboxylic acids is 1. The van der Waals surface area contributed by atoms with Gasteiger partial charge in [-0.15, -0.1) is 0 Å². The molecular formula is C17H16N2O2. The van der Waals surface area contributed by atoms with Crippen LogP contribution in [0.25, 0.3) is 0 Å². The lowest BCUT2D eigenvalue weighted by Gasteiger charge is -2.31. The second kappa shape index (κ2) is 5.89. The maximum absolute atomic E-state index is 12.6. The van der Waals surface area contributed by atoms with Gasteiger partial charge >= 0.3 is 0 Å². The van der Waals surface area contributed by atoms with Gasteiger partial charge in [-0.1, -0.05) is 42.5 Å². The van der Waals surface area contributed by atoms with Crippen LogP contribution in [0.15, 0.2) is 59.7 Å². The first-order valence-corrected chi connectivity index (χ1v) is 6.94. The second-order valence-corrected chi connectivity index (χ2v) is 4.70. The summed E-state index contributed by atoms with van der Waals surface area (Å²) >= 11 is 0. The summed E-state index contributed by atoms with van der Waals surface area (Å²) in [6.07, 6.45) is 1.22. The predicted molar refractivity (Wildman–Crippen MR) is 81.0 cm³/mol. The Balaban J connectivity index is 1.97. The van der Waals surface area contributed by atoms with E-state index in [0.717, 1.165) is 11.1 Å². The van der Waals surface area contributed by atoms with Gasteiger partial charge in [-0.3, -0.25) is 4.79 Å². The maximum atomic E-state index is 12.6. The highest BCUT2D eigenvalue weighted by atomic mass is 16.5. The van der Waals surface area contributed by atoms with Gasteiger partial charge in [0, 0.05) is 23.3 Å². The zero-order valence-electron chi connectivity index (χ0n) is 11.8. The van der Waals surface area contributed by atoms with Crippen LogP contribution in [0, 0.1) is 0 Å². The molecule has 1 aliphatic rings. The van der Waals surface area contributed by atoms with E-state index in [1.54, 1.807) is 18.3 Å². The number of rotatable bonds is 3. The molecule has 1 aliphatic heterocycles. The summed E-state index contributed by atoms with van der Waals surface area (Å²) in [5.41, 5.74) is 2.53. The molecule has 21 heavy (non-hydrogen) atoms. The van der Waals surface area contributed by atoms with Crippen molar-refractivity contribution in [2.45, 2.75) is 13.2 Å². The minimum Gasteiger partial charge on any atom is -0.352 e. The molecule has 1 heterocycles. The quantitative estimate of drug-likeness (QED) is 0.866. The largest absolute Gasteiger partial charge is 0.352 e. The van der Waals surface area contributed by atoms with Gasteiger partial charge in [0.05, 0.1) is 6.21 Å². The third-order valence-electron chi connectivity index (χ3n) is 3.36. The summed E-state index contributed by atoms with van der Waals surface area (Å²) in [5, 5.41) is 5.68. The smallest absolute Gasteiger partial charge is 0.276 e. The van der Waals surface area contributed by atoms with Gasteiger partial charge in [0.2, 0.25) is 0 Å². The van der Waals surface area contributed by atoms with Gasteiger partial charge in [0.15, 0.2) is 6.23 Å². The number of hydrazone groups is 1. The second-order valence-electron chi connectivity index (χ2n) is 4.70. The molecule has 1 unspecified atom stereocenters. The summed E-state index contributed by atoms with van der Waals surface area (Å²) < 4.78 is 5.76. The molecule has 0 fully saturated rings. The number of ether oxygens (including phenoxy) is 1. The van der Waals surface area contributed by atoms with Crippen LogP contribution in [-0.4, -0.2) is 23.7 Å². The first-order chi connectivity index (χ1) is 10.3. The van der Waals surface area contributed by atoms with E-state index in [2.05, 4.69) is 5.10 Å². The highest BCUT2D eigenvalue weighted by molar-refractivity contribution is 5.96. The van der Waals surface area contributed by atoms with E-state index in [4.69, 9.17) is 4.74 Å². The summed E-state index contributed by atoms with van der Waals surface area (Å²) in [4.78, 5) is 12.6. The highest BCUT2D eigenvalue weighted by Crippen LogP contribution is 2.29. The molecule has 106 valence electrons. The summed E-state index contributed by atoms with van der Waals surface area (Å²) in [7, 11) is 0.